The Labute approximate surface area is 122 Å². The third-order valence-corrected chi connectivity index (χ3v) is 3.95. The van der Waals surface area contributed by atoms with Crippen molar-refractivity contribution in [2.24, 2.45) is 5.92 Å². The lowest BCUT2D eigenvalue weighted by Gasteiger charge is -2.35. The standard InChI is InChI=1S/C15H27N5/c1-11(2)7-8-17-14-13(16)15(19-10-18-14)20-9-5-4-6-12(20)3/h10-12H,4-9,16H2,1-3H3,(H,17,18,19). The van der Waals surface area contributed by atoms with E-state index in [4.69, 9.17) is 5.73 Å². The number of rotatable bonds is 5. The summed E-state index contributed by atoms with van der Waals surface area (Å²) in [5.41, 5.74) is 6.95. The highest BCUT2D eigenvalue weighted by Gasteiger charge is 2.22. The fraction of sp³-hybridized carbons (Fsp3) is 0.733. The quantitative estimate of drug-likeness (QED) is 0.866. The molecule has 1 saturated heterocycles. The van der Waals surface area contributed by atoms with Crippen molar-refractivity contribution in [2.75, 3.05) is 29.0 Å². The minimum absolute atomic E-state index is 0.504. The summed E-state index contributed by atoms with van der Waals surface area (Å²) >= 11 is 0. The van der Waals surface area contributed by atoms with Gasteiger partial charge in [0.2, 0.25) is 0 Å². The first kappa shape index (κ1) is 14.9. The summed E-state index contributed by atoms with van der Waals surface area (Å²) in [5, 5.41) is 3.34. The maximum Gasteiger partial charge on any atom is 0.157 e. The van der Waals surface area contributed by atoms with E-state index in [0.717, 1.165) is 31.1 Å². The van der Waals surface area contributed by atoms with Gasteiger partial charge in [0, 0.05) is 19.1 Å². The summed E-state index contributed by atoms with van der Waals surface area (Å²) in [6, 6.07) is 0.504. The predicted molar refractivity (Wildman–Crippen MR) is 85.0 cm³/mol. The lowest BCUT2D eigenvalue weighted by molar-refractivity contribution is 0.481. The Morgan fingerprint density at radius 2 is 2.20 bits per heavy atom. The number of nitrogens with one attached hydrogen (secondary N) is 1. The lowest BCUT2D eigenvalue weighted by Crippen LogP contribution is -2.38. The van der Waals surface area contributed by atoms with E-state index in [1.54, 1.807) is 6.33 Å². The van der Waals surface area contributed by atoms with Gasteiger partial charge in [0.05, 0.1) is 0 Å². The molecule has 1 aliphatic heterocycles. The van der Waals surface area contributed by atoms with Crippen LogP contribution in [-0.4, -0.2) is 29.1 Å². The van der Waals surface area contributed by atoms with Gasteiger partial charge in [-0.15, -0.1) is 0 Å². The van der Waals surface area contributed by atoms with Crippen molar-refractivity contribution in [3.8, 4) is 0 Å². The van der Waals surface area contributed by atoms with Crippen molar-refractivity contribution in [3.63, 3.8) is 0 Å². The first-order valence-electron chi connectivity index (χ1n) is 7.70. The Morgan fingerprint density at radius 3 is 2.90 bits per heavy atom. The summed E-state index contributed by atoms with van der Waals surface area (Å²) in [5.74, 6) is 2.33. The second-order valence-corrected chi connectivity index (χ2v) is 6.11. The minimum Gasteiger partial charge on any atom is -0.393 e. The van der Waals surface area contributed by atoms with Gasteiger partial charge in [-0.05, 0) is 38.5 Å². The summed E-state index contributed by atoms with van der Waals surface area (Å²) in [7, 11) is 0. The van der Waals surface area contributed by atoms with E-state index in [1.807, 2.05) is 0 Å². The van der Waals surface area contributed by atoms with Crippen LogP contribution in [0.1, 0.15) is 46.5 Å². The molecule has 1 aromatic rings. The van der Waals surface area contributed by atoms with Gasteiger partial charge in [0.15, 0.2) is 11.6 Å². The molecular weight excluding hydrogens is 250 g/mol. The average molecular weight is 277 g/mol. The maximum absolute atomic E-state index is 6.26. The van der Waals surface area contributed by atoms with Crippen molar-refractivity contribution < 1.29 is 0 Å². The van der Waals surface area contributed by atoms with E-state index in [9.17, 15) is 0 Å². The van der Waals surface area contributed by atoms with Gasteiger partial charge in [-0.1, -0.05) is 13.8 Å². The van der Waals surface area contributed by atoms with Gasteiger partial charge >= 0.3 is 0 Å². The third-order valence-electron chi connectivity index (χ3n) is 3.95. The molecule has 0 spiro atoms. The number of piperidine rings is 1. The zero-order valence-electron chi connectivity index (χ0n) is 12.9. The van der Waals surface area contributed by atoms with Crippen LogP contribution in [0, 0.1) is 5.92 Å². The highest BCUT2D eigenvalue weighted by atomic mass is 15.2. The van der Waals surface area contributed by atoms with Crippen LogP contribution < -0.4 is 16.0 Å². The molecule has 1 fully saturated rings. The second-order valence-electron chi connectivity index (χ2n) is 6.11. The Morgan fingerprint density at radius 1 is 1.40 bits per heavy atom. The molecule has 20 heavy (non-hydrogen) atoms. The van der Waals surface area contributed by atoms with E-state index in [0.29, 0.717) is 17.6 Å². The number of aromatic nitrogens is 2. The Kier molecular flexibility index (Phi) is 5.04. The molecule has 1 unspecified atom stereocenters. The van der Waals surface area contributed by atoms with Gasteiger partial charge in [0.25, 0.3) is 0 Å². The molecule has 5 heteroatoms. The Bertz CT molecular complexity index is 432. The number of anilines is 3. The van der Waals surface area contributed by atoms with Crippen LogP contribution in [0.4, 0.5) is 17.3 Å². The number of nitrogen functional groups attached to an aromatic ring is 1. The summed E-state index contributed by atoms with van der Waals surface area (Å²) in [4.78, 5) is 11.0. The number of nitrogens with zero attached hydrogens (tertiary/aromatic N) is 3. The maximum atomic E-state index is 6.26. The fourth-order valence-electron chi connectivity index (χ4n) is 2.65. The second kappa shape index (κ2) is 6.77. The SMILES string of the molecule is CC(C)CCNc1ncnc(N2CCCCC2C)c1N. The summed E-state index contributed by atoms with van der Waals surface area (Å²) in [6.45, 7) is 8.60. The monoisotopic (exact) mass is 277 g/mol. The smallest absolute Gasteiger partial charge is 0.157 e. The Hall–Kier alpha value is -1.52. The average Bonchev–Trinajstić information content (AvgIpc) is 2.41. The van der Waals surface area contributed by atoms with Gasteiger partial charge in [0.1, 0.15) is 12.0 Å². The molecule has 0 aliphatic carbocycles. The normalized spacial score (nSPS) is 19.4. The van der Waals surface area contributed by atoms with E-state index in [1.165, 1.54) is 19.3 Å². The first-order chi connectivity index (χ1) is 9.59. The summed E-state index contributed by atoms with van der Waals surface area (Å²) in [6.07, 6.45) is 6.44. The first-order valence-corrected chi connectivity index (χ1v) is 7.70. The number of hydrogen-bond acceptors (Lipinski definition) is 5. The van der Waals surface area contributed by atoms with Crippen molar-refractivity contribution in [2.45, 2.75) is 52.5 Å². The molecule has 5 nitrogen and oxygen atoms in total. The van der Waals surface area contributed by atoms with Gasteiger partial charge < -0.3 is 16.0 Å². The van der Waals surface area contributed by atoms with Crippen LogP contribution >= 0.6 is 0 Å². The molecule has 0 bridgehead atoms. The highest BCUT2D eigenvalue weighted by Crippen LogP contribution is 2.30. The molecule has 2 rings (SSSR count). The predicted octanol–water partition coefficient (Wildman–Crippen LogP) is 2.90. The number of nitrogens with two attached hydrogens (primary N) is 1. The van der Waals surface area contributed by atoms with Crippen molar-refractivity contribution in [1.29, 1.82) is 0 Å². The van der Waals surface area contributed by atoms with E-state index in [2.05, 4.69) is 41.0 Å². The zero-order valence-corrected chi connectivity index (χ0v) is 12.9. The number of hydrogen-bond donors (Lipinski definition) is 2. The van der Waals surface area contributed by atoms with Crippen LogP contribution in [0.2, 0.25) is 0 Å². The highest BCUT2D eigenvalue weighted by molar-refractivity contribution is 5.75. The third kappa shape index (κ3) is 3.52. The topological polar surface area (TPSA) is 67.1 Å². The van der Waals surface area contributed by atoms with Gasteiger partial charge in [-0.2, -0.15) is 0 Å². The largest absolute Gasteiger partial charge is 0.393 e. The molecule has 1 aliphatic rings. The molecule has 0 saturated carbocycles. The van der Waals surface area contributed by atoms with Crippen LogP contribution in [0.3, 0.4) is 0 Å². The molecule has 1 aromatic heterocycles. The van der Waals surface area contributed by atoms with Crippen molar-refractivity contribution >= 4 is 17.3 Å². The molecular formula is C15H27N5. The molecule has 0 aromatic carbocycles. The van der Waals surface area contributed by atoms with E-state index < -0.39 is 0 Å². The van der Waals surface area contributed by atoms with Crippen LogP contribution in [0.25, 0.3) is 0 Å². The van der Waals surface area contributed by atoms with Crippen molar-refractivity contribution in [3.05, 3.63) is 6.33 Å². The molecule has 3 N–H and O–H groups in total. The Balaban J connectivity index is 2.10. The fourth-order valence-corrected chi connectivity index (χ4v) is 2.65. The zero-order chi connectivity index (χ0) is 14.5. The van der Waals surface area contributed by atoms with E-state index >= 15 is 0 Å². The lowest BCUT2D eigenvalue weighted by atomic mass is 10.0. The summed E-state index contributed by atoms with van der Waals surface area (Å²) < 4.78 is 0. The van der Waals surface area contributed by atoms with Crippen LogP contribution in [-0.2, 0) is 0 Å². The van der Waals surface area contributed by atoms with Gasteiger partial charge in [-0.3, -0.25) is 0 Å². The molecule has 0 radical (unpaired) electrons. The molecule has 0 amide bonds. The van der Waals surface area contributed by atoms with Gasteiger partial charge in [-0.25, -0.2) is 9.97 Å². The van der Waals surface area contributed by atoms with Crippen LogP contribution in [0.5, 0.6) is 0 Å². The molecule has 1 atom stereocenters. The van der Waals surface area contributed by atoms with Crippen molar-refractivity contribution in [1.82, 2.24) is 9.97 Å². The van der Waals surface area contributed by atoms with Crippen LogP contribution in [0.15, 0.2) is 6.33 Å². The molecule has 2 heterocycles. The molecule has 112 valence electrons. The van der Waals surface area contributed by atoms with E-state index in [-0.39, 0.29) is 0 Å². The minimum atomic E-state index is 0.504.